The van der Waals surface area contributed by atoms with Crippen molar-refractivity contribution >= 4 is 5.78 Å². The first kappa shape index (κ1) is 16.6. The van der Waals surface area contributed by atoms with Crippen molar-refractivity contribution in [3.63, 3.8) is 0 Å². The largest absolute Gasteiger partial charge is 0.393 e. The molecule has 0 spiro atoms. The Morgan fingerprint density at radius 2 is 1.88 bits per heavy atom. The van der Waals surface area contributed by atoms with Crippen LogP contribution >= 0.6 is 0 Å². The monoisotopic (exact) mass is 329 g/mol. The van der Waals surface area contributed by atoms with Gasteiger partial charge in [0.1, 0.15) is 5.78 Å². The molecule has 132 valence electrons. The van der Waals surface area contributed by atoms with E-state index < -0.39 is 0 Å². The highest BCUT2D eigenvalue weighted by Gasteiger charge is 2.62. The molecule has 0 aliphatic heterocycles. The van der Waals surface area contributed by atoms with E-state index in [0.717, 1.165) is 44.9 Å². The minimum atomic E-state index is -0.371. The molecular formula is C21H31NO2. The molecule has 0 radical (unpaired) electrons. The van der Waals surface area contributed by atoms with Crippen LogP contribution in [0.3, 0.4) is 0 Å². The average Bonchev–Trinajstić information content (AvgIpc) is 2.95. The predicted octanol–water partition coefficient (Wildman–Crippen LogP) is 4.10. The van der Waals surface area contributed by atoms with E-state index in [0.29, 0.717) is 29.1 Å². The summed E-state index contributed by atoms with van der Waals surface area (Å²) in [5, 5.41) is 20.2. The fourth-order valence-electron chi connectivity index (χ4n) is 7.69. The van der Waals surface area contributed by atoms with Gasteiger partial charge < -0.3 is 5.11 Å². The van der Waals surface area contributed by atoms with Crippen LogP contribution in [0.2, 0.25) is 0 Å². The summed E-state index contributed by atoms with van der Waals surface area (Å²) in [5.41, 5.74) is -0.0253. The van der Waals surface area contributed by atoms with Gasteiger partial charge in [0, 0.05) is 5.92 Å². The molecule has 0 aromatic carbocycles. The zero-order valence-corrected chi connectivity index (χ0v) is 15.1. The lowest BCUT2D eigenvalue weighted by molar-refractivity contribution is -0.133. The Morgan fingerprint density at radius 1 is 1.08 bits per heavy atom. The highest BCUT2D eigenvalue weighted by Crippen LogP contribution is 2.67. The zero-order valence-electron chi connectivity index (χ0n) is 15.1. The van der Waals surface area contributed by atoms with Crippen molar-refractivity contribution in [2.75, 3.05) is 0 Å². The SMILES string of the molecule is CC(=O)[C@H]1CC[C@H]2[C@@H]3CC[C@@H]4C[C@@H](O)CC[C@]4(C)[C@H]3CC[C@]12C#N. The van der Waals surface area contributed by atoms with E-state index in [1.54, 1.807) is 6.92 Å². The first-order valence-corrected chi connectivity index (χ1v) is 10.0. The number of hydrogen-bond acceptors (Lipinski definition) is 3. The second-order valence-corrected chi connectivity index (χ2v) is 9.52. The van der Waals surface area contributed by atoms with E-state index in [1.807, 2.05) is 0 Å². The average molecular weight is 329 g/mol. The van der Waals surface area contributed by atoms with Crippen LogP contribution in [0.5, 0.6) is 0 Å². The highest BCUT2D eigenvalue weighted by molar-refractivity contribution is 5.80. The molecule has 4 saturated carbocycles. The van der Waals surface area contributed by atoms with Crippen molar-refractivity contribution in [2.24, 2.45) is 40.4 Å². The standard InChI is InChI=1S/C21H31NO2/c1-13(23)17-5-6-19-16-4-3-14-11-15(24)7-9-20(14,2)18(16)8-10-21(17,19)12-22/h14-19,24H,3-11H2,1-2H3/t14-,15+,16-,17-,18+,19+,20+,21+/m1/s1. The van der Waals surface area contributed by atoms with Crippen molar-refractivity contribution in [2.45, 2.75) is 77.7 Å². The minimum absolute atomic E-state index is 0.0212. The van der Waals surface area contributed by atoms with Crippen LogP contribution in [0.4, 0.5) is 0 Å². The molecule has 3 heteroatoms. The fourth-order valence-corrected chi connectivity index (χ4v) is 7.69. The van der Waals surface area contributed by atoms with Crippen molar-refractivity contribution in [3.05, 3.63) is 0 Å². The number of Topliss-reactive ketones (excluding diaryl/α,β-unsaturated/α-hetero) is 1. The van der Waals surface area contributed by atoms with Gasteiger partial charge in [-0.05, 0) is 93.8 Å². The molecule has 0 aromatic heterocycles. The molecule has 4 fully saturated rings. The lowest BCUT2D eigenvalue weighted by Crippen LogP contribution is -2.54. The van der Waals surface area contributed by atoms with Gasteiger partial charge >= 0.3 is 0 Å². The van der Waals surface area contributed by atoms with Crippen LogP contribution in [0.25, 0.3) is 0 Å². The van der Waals surface area contributed by atoms with Gasteiger partial charge in [0.25, 0.3) is 0 Å². The van der Waals surface area contributed by atoms with Crippen LogP contribution in [0.1, 0.15) is 71.6 Å². The quantitative estimate of drug-likeness (QED) is 0.788. The number of hydrogen-bond donors (Lipinski definition) is 1. The summed E-state index contributed by atoms with van der Waals surface area (Å²) in [4.78, 5) is 12.2. The number of rotatable bonds is 1. The van der Waals surface area contributed by atoms with Gasteiger partial charge in [0.2, 0.25) is 0 Å². The van der Waals surface area contributed by atoms with Gasteiger partial charge in [-0.2, -0.15) is 5.26 Å². The summed E-state index contributed by atoms with van der Waals surface area (Å²) in [7, 11) is 0. The molecule has 3 nitrogen and oxygen atoms in total. The summed E-state index contributed by atoms with van der Waals surface area (Å²) in [6, 6.07) is 2.67. The number of carbonyl (C=O) groups excluding carboxylic acids is 1. The van der Waals surface area contributed by atoms with E-state index in [-0.39, 0.29) is 23.2 Å². The summed E-state index contributed by atoms with van der Waals surface area (Å²) >= 11 is 0. The van der Waals surface area contributed by atoms with Gasteiger partial charge in [-0.1, -0.05) is 6.92 Å². The zero-order chi connectivity index (χ0) is 17.1. The smallest absolute Gasteiger partial charge is 0.134 e. The number of ketones is 1. The molecule has 4 aliphatic carbocycles. The number of nitriles is 1. The molecule has 24 heavy (non-hydrogen) atoms. The van der Waals surface area contributed by atoms with Gasteiger partial charge in [0.05, 0.1) is 17.6 Å². The molecule has 1 N–H and O–H groups in total. The summed E-state index contributed by atoms with van der Waals surface area (Å²) in [6.45, 7) is 4.16. The molecule has 0 unspecified atom stereocenters. The van der Waals surface area contributed by atoms with E-state index in [4.69, 9.17) is 0 Å². The Hall–Kier alpha value is -0.880. The van der Waals surface area contributed by atoms with E-state index >= 15 is 0 Å². The third kappa shape index (κ3) is 2.08. The Labute approximate surface area is 145 Å². The van der Waals surface area contributed by atoms with Gasteiger partial charge in [0.15, 0.2) is 0 Å². The maximum atomic E-state index is 12.2. The maximum absolute atomic E-state index is 12.2. The van der Waals surface area contributed by atoms with Gasteiger partial charge in [-0.3, -0.25) is 4.79 Å². The lowest BCUT2D eigenvalue weighted by Gasteiger charge is -2.60. The van der Waals surface area contributed by atoms with Crippen LogP contribution < -0.4 is 0 Å². The van der Waals surface area contributed by atoms with E-state index in [2.05, 4.69) is 13.0 Å². The van der Waals surface area contributed by atoms with Crippen LogP contribution in [-0.2, 0) is 4.79 Å². The number of carbonyl (C=O) groups is 1. The number of nitrogens with zero attached hydrogens (tertiary/aromatic N) is 1. The number of fused-ring (bicyclic) bond motifs is 5. The topological polar surface area (TPSA) is 61.1 Å². The highest BCUT2D eigenvalue weighted by atomic mass is 16.3. The lowest BCUT2D eigenvalue weighted by atomic mass is 9.44. The van der Waals surface area contributed by atoms with Gasteiger partial charge in [-0.25, -0.2) is 0 Å². The molecule has 0 saturated heterocycles. The first-order chi connectivity index (χ1) is 11.4. The Kier molecular flexibility index (Phi) is 3.84. The number of aliphatic hydroxyl groups is 1. The normalized spacial score (nSPS) is 53.4. The molecular weight excluding hydrogens is 298 g/mol. The summed E-state index contributed by atoms with van der Waals surface area (Å²) < 4.78 is 0. The predicted molar refractivity (Wildman–Crippen MR) is 91.8 cm³/mol. The fraction of sp³-hybridized carbons (Fsp3) is 0.905. The van der Waals surface area contributed by atoms with Crippen LogP contribution in [0.15, 0.2) is 0 Å². The Balaban J connectivity index is 1.65. The van der Waals surface area contributed by atoms with Crippen molar-refractivity contribution in [1.29, 1.82) is 5.26 Å². The van der Waals surface area contributed by atoms with Crippen LogP contribution in [0, 0.1) is 51.8 Å². The van der Waals surface area contributed by atoms with Crippen molar-refractivity contribution in [1.82, 2.24) is 0 Å². The van der Waals surface area contributed by atoms with E-state index in [1.165, 1.54) is 12.8 Å². The number of aliphatic hydroxyl groups excluding tert-OH is 1. The maximum Gasteiger partial charge on any atom is 0.134 e. The second kappa shape index (κ2) is 5.56. The van der Waals surface area contributed by atoms with Crippen molar-refractivity contribution < 1.29 is 9.90 Å². The van der Waals surface area contributed by atoms with Gasteiger partial charge in [-0.15, -0.1) is 0 Å². The molecule has 8 atom stereocenters. The first-order valence-electron chi connectivity index (χ1n) is 10.0. The molecule has 0 bridgehead atoms. The molecule has 0 heterocycles. The second-order valence-electron chi connectivity index (χ2n) is 9.52. The molecule has 4 rings (SSSR count). The summed E-state index contributed by atoms with van der Waals surface area (Å²) in [5.74, 6) is 2.62. The Bertz CT molecular complexity index is 581. The third-order valence-corrected chi connectivity index (χ3v) is 8.85. The minimum Gasteiger partial charge on any atom is -0.393 e. The summed E-state index contributed by atoms with van der Waals surface area (Å²) in [6.07, 6.45) is 9.40. The molecule has 4 aliphatic rings. The molecule has 0 aromatic rings. The van der Waals surface area contributed by atoms with E-state index in [9.17, 15) is 15.2 Å². The van der Waals surface area contributed by atoms with Crippen LogP contribution in [-0.4, -0.2) is 17.0 Å². The Morgan fingerprint density at radius 3 is 2.58 bits per heavy atom. The molecule has 0 amide bonds. The van der Waals surface area contributed by atoms with Crippen molar-refractivity contribution in [3.8, 4) is 6.07 Å². The third-order valence-electron chi connectivity index (χ3n) is 8.85.